The molecule has 1 aromatic carbocycles. The first-order chi connectivity index (χ1) is 19.3. The van der Waals surface area contributed by atoms with E-state index in [1.807, 2.05) is 29.2 Å². The Kier molecular flexibility index (Phi) is 7.16. The van der Waals surface area contributed by atoms with Crippen LogP contribution < -0.4 is 27.2 Å². The molecule has 1 aliphatic heterocycles. The lowest BCUT2D eigenvalue weighted by Gasteiger charge is -2.33. The van der Waals surface area contributed by atoms with Gasteiger partial charge in [0.25, 0.3) is 11.5 Å². The van der Waals surface area contributed by atoms with E-state index in [0.29, 0.717) is 30.1 Å². The topological polar surface area (TPSA) is 144 Å². The lowest BCUT2D eigenvalue weighted by Crippen LogP contribution is -2.44. The van der Waals surface area contributed by atoms with Crippen LogP contribution >= 0.6 is 0 Å². The van der Waals surface area contributed by atoms with Gasteiger partial charge < -0.3 is 20.5 Å². The zero-order valence-corrected chi connectivity index (χ0v) is 22.7. The van der Waals surface area contributed by atoms with Gasteiger partial charge in [0.05, 0.1) is 35.4 Å². The van der Waals surface area contributed by atoms with Gasteiger partial charge in [-0.05, 0) is 31.9 Å². The fraction of sp³-hybridized carbons (Fsp3) is 0.345. The number of carbonyl (C=O) groups excluding carboxylic acids is 1. The van der Waals surface area contributed by atoms with Crippen LogP contribution in [0.2, 0.25) is 0 Å². The van der Waals surface area contributed by atoms with Gasteiger partial charge in [0.1, 0.15) is 23.0 Å². The van der Waals surface area contributed by atoms with Gasteiger partial charge in [-0.3, -0.25) is 18.7 Å². The molecule has 3 aromatic heterocycles. The van der Waals surface area contributed by atoms with Crippen LogP contribution in [0, 0.1) is 23.2 Å². The molecule has 3 N–H and O–H groups in total. The highest BCUT2D eigenvalue weighted by atomic mass is 16.2. The molecule has 4 heterocycles. The number of nitriles is 1. The minimum absolute atomic E-state index is 0.0983. The minimum atomic E-state index is -0.623. The van der Waals surface area contributed by atoms with Crippen LogP contribution in [0.3, 0.4) is 0 Å². The van der Waals surface area contributed by atoms with Crippen molar-refractivity contribution in [3.8, 4) is 17.9 Å². The molecule has 0 spiro atoms. The number of anilines is 1. The van der Waals surface area contributed by atoms with Gasteiger partial charge in [-0.2, -0.15) is 5.26 Å². The Bertz CT molecular complexity index is 1880. The first-order valence-corrected chi connectivity index (χ1v) is 13.1. The zero-order valence-electron chi connectivity index (χ0n) is 22.7. The van der Waals surface area contributed by atoms with Crippen molar-refractivity contribution in [2.75, 3.05) is 25.0 Å². The van der Waals surface area contributed by atoms with Crippen LogP contribution in [-0.2, 0) is 20.1 Å². The number of fused-ring (bicyclic) bond motifs is 2. The predicted octanol–water partition coefficient (Wildman–Crippen LogP) is 1.28. The minimum Gasteiger partial charge on any atom is -0.356 e. The number of piperidine rings is 1. The molecule has 0 saturated carbocycles. The molecule has 11 nitrogen and oxygen atoms in total. The summed E-state index contributed by atoms with van der Waals surface area (Å²) in [6.07, 6.45) is 1.68. The number of nitrogens with two attached hydrogens (primary N) is 1. The van der Waals surface area contributed by atoms with Crippen molar-refractivity contribution in [1.29, 1.82) is 5.26 Å². The number of nitrogens with one attached hydrogen (secondary N) is 1. The third-order valence-corrected chi connectivity index (χ3v) is 7.37. The van der Waals surface area contributed by atoms with E-state index >= 15 is 0 Å². The lowest BCUT2D eigenvalue weighted by molar-refractivity contribution is 0.0964. The maximum atomic E-state index is 14.2. The Morgan fingerprint density at radius 2 is 2.00 bits per heavy atom. The number of aromatic nitrogens is 4. The molecule has 40 heavy (non-hydrogen) atoms. The molecule has 5 rings (SSSR count). The highest BCUT2D eigenvalue weighted by molar-refractivity contribution is 6.11. The maximum Gasteiger partial charge on any atom is 0.331 e. The Morgan fingerprint density at radius 1 is 1.23 bits per heavy atom. The van der Waals surface area contributed by atoms with Crippen LogP contribution in [-0.4, -0.2) is 50.8 Å². The number of aryl methyl sites for hydroxylation is 1. The summed E-state index contributed by atoms with van der Waals surface area (Å²) in [5.41, 5.74) is 6.94. The summed E-state index contributed by atoms with van der Waals surface area (Å²) in [7, 11) is 3.05. The van der Waals surface area contributed by atoms with Crippen molar-refractivity contribution in [3.05, 3.63) is 68.0 Å². The number of rotatable bonds is 5. The number of pyridine rings is 1. The second kappa shape index (κ2) is 10.7. The van der Waals surface area contributed by atoms with E-state index in [-0.39, 0.29) is 41.3 Å². The van der Waals surface area contributed by atoms with Crippen LogP contribution in [0.15, 0.2) is 39.9 Å². The molecule has 1 aliphatic rings. The SMILES string of the molecule is CC#CCn1c(N2CCC[C@@H](N)C2)c(C(=O)NC)c2c1c(=O)n(Cc1nc3ccccc3cc1C#N)c(=O)n2C. The average molecular weight is 539 g/mol. The van der Waals surface area contributed by atoms with Gasteiger partial charge in [0.15, 0.2) is 0 Å². The largest absolute Gasteiger partial charge is 0.356 e. The molecular weight excluding hydrogens is 508 g/mol. The molecule has 1 amide bonds. The van der Waals surface area contributed by atoms with E-state index in [1.165, 1.54) is 18.7 Å². The molecule has 1 saturated heterocycles. The van der Waals surface area contributed by atoms with E-state index < -0.39 is 17.2 Å². The average Bonchev–Trinajstić information content (AvgIpc) is 3.31. The van der Waals surface area contributed by atoms with E-state index in [1.54, 1.807) is 17.6 Å². The quantitative estimate of drug-likeness (QED) is 0.364. The zero-order chi connectivity index (χ0) is 28.6. The summed E-state index contributed by atoms with van der Waals surface area (Å²) in [6.45, 7) is 2.76. The monoisotopic (exact) mass is 538 g/mol. The van der Waals surface area contributed by atoms with Crippen molar-refractivity contribution >= 4 is 33.7 Å². The summed E-state index contributed by atoms with van der Waals surface area (Å²) in [5.74, 6) is 5.98. The van der Waals surface area contributed by atoms with Gasteiger partial charge in [-0.15, -0.1) is 5.92 Å². The Hall–Kier alpha value is -4.87. The predicted molar refractivity (Wildman–Crippen MR) is 153 cm³/mol. The molecule has 0 bridgehead atoms. The summed E-state index contributed by atoms with van der Waals surface area (Å²) >= 11 is 0. The van der Waals surface area contributed by atoms with E-state index in [2.05, 4.69) is 28.2 Å². The molecule has 0 aliphatic carbocycles. The number of carbonyl (C=O) groups is 1. The van der Waals surface area contributed by atoms with Gasteiger partial charge in [0, 0.05) is 38.6 Å². The lowest BCUT2D eigenvalue weighted by atomic mass is 10.1. The number of hydrogen-bond acceptors (Lipinski definition) is 7. The third kappa shape index (κ3) is 4.40. The first kappa shape index (κ1) is 26.7. The Morgan fingerprint density at radius 3 is 2.70 bits per heavy atom. The Balaban J connectivity index is 1.82. The van der Waals surface area contributed by atoms with Crippen molar-refractivity contribution in [2.45, 2.75) is 38.9 Å². The van der Waals surface area contributed by atoms with E-state index in [9.17, 15) is 19.6 Å². The second-order valence-corrected chi connectivity index (χ2v) is 9.86. The summed E-state index contributed by atoms with van der Waals surface area (Å²) < 4.78 is 4.10. The first-order valence-electron chi connectivity index (χ1n) is 13.1. The molecule has 0 unspecified atom stereocenters. The smallest absolute Gasteiger partial charge is 0.331 e. The van der Waals surface area contributed by atoms with Crippen LogP contribution in [0.25, 0.3) is 21.9 Å². The number of amides is 1. The molecule has 1 atom stereocenters. The standard InChI is InChI=1S/C29H30N8O3/c1-4-5-13-36-25-24(23(26(38)32-2)27(36)35-12-8-10-20(31)16-35)34(3)29(40)37(28(25)39)17-22-19(15-30)14-18-9-6-7-11-21(18)33-22/h6-7,9,11,14,20H,8,10,12-13,16-17,31H2,1-3H3,(H,32,38)/t20-/m1/s1. The van der Waals surface area contributed by atoms with Crippen molar-refractivity contribution < 1.29 is 4.79 Å². The fourth-order valence-corrected chi connectivity index (χ4v) is 5.47. The maximum absolute atomic E-state index is 14.2. The summed E-state index contributed by atoms with van der Waals surface area (Å²) in [5, 5.41) is 13.3. The molecule has 4 aromatic rings. The molecule has 11 heteroatoms. The number of benzene rings is 1. The van der Waals surface area contributed by atoms with Crippen LogP contribution in [0.4, 0.5) is 5.82 Å². The normalized spacial score (nSPS) is 15.1. The van der Waals surface area contributed by atoms with Crippen molar-refractivity contribution in [3.63, 3.8) is 0 Å². The van der Waals surface area contributed by atoms with Crippen LogP contribution in [0.1, 0.15) is 41.4 Å². The van der Waals surface area contributed by atoms with Crippen LogP contribution in [0.5, 0.6) is 0 Å². The Labute approximate surface area is 230 Å². The molecule has 204 valence electrons. The number of hydrogen-bond donors (Lipinski definition) is 2. The van der Waals surface area contributed by atoms with Gasteiger partial charge >= 0.3 is 5.69 Å². The van der Waals surface area contributed by atoms with Crippen molar-refractivity contribution in [1.82, 2.24) is 24.0 Å². The summed E-state index contributed by atoms with van der Waals surface area (Å²) in [4.78, 5) is 47.8. The van der Waals surface area contributed by atoms with Gasteiger partial charge in [-0.25, -0.2) is 9.78 Å². The molecule has 0 radical (unpaired) electrons. The van der Waals surface area contributed by atoms with E-state index in [4.69, 9.17) is 5.73 Å². The summed E-state index contributed by atoms with van der Waals surface area (Å²) in [6, 6.07) is 11.1. The number of nitrogens with zero attached hydrogens (tertiary/aromatic N) is 6. The third-order valence-electron chi connectivity index (χ3n) is 7.37. The highest BCUT2D eigenvalue weighted by Gasteiger charge is 2.32. The molecule has 1 fully saturated rings. The highest BCUT2D eigenvalue weighted by Crippen LogP contribution is 2.32. The van der Waals surface area contributed by atoms with E-state index in [0.717, 1.165) is 22.8 Å². The van der Waals surface area contributed by atoms with Crippen molar-refractivity contribution in [2.24, 2.45) is 12.8 Å². The van der Waals surface area contributed by atoms with Gasteiger partial charge in [0.2, 0.25) is 0 Å². The van der Waals surface area contributed by atoms with Gasteiger partial charge in [-0.1, -0.05) is 24.1 Å². The fourth-order valence-electron chi connectivity index (χ4n) is 5.47. The molecular formula is C29H30N8O3. The second-order valence-electron chi connectivity index (χ2n) is 9.86. The number of para-hydroxylation sites is 1.